The Balaban J connectivity index is 1.66. The van der Waals surface area contributed by atoms with E-state index in [1.54, 1.807) is 20.3 Å². The second-order valence-corrected chi connectivity index (χ2v) is 9.54. The van der Waals surface area contributed by atoms with Crippen molar-refractivity contribution in [2.75, 3.05) is 20.8 Å². The number of methoxy groups -OCH3 is 2. The van der Waals surface area contributed by atoms with E-state index < -0.39 is 0 Å². The highest BCUT2D eigenvalue weighted by atomic mass is 16.5. The van der Waals surface area contributed by atoms with Crippen molar-refractivity contribution in [3.8, 4) is 11.5 Å². The molecule has 0 saturated heterocycles. The molecule has 36 heavy (non-hydrogen) atoms. The van der Waals surface area contributed by atoms with Crippen LogP contribution in [0.25, 0.3) is 10.9 Å². The maximum atomic E-state index is 13.1. The summed E-state index contributed by atoms with van der Waals surface area (Å²) in [7, 11) is 3.18. The predicted octanol–water partition coefficient (Wildman–Crippen LogP) is 3.92. The van der Waals surface area contributed by atoms with Crippen LogP contribution in [-0.2, 0) is 25.0 Å². The third-order valence-electron chi connectivity index (χ3n) is 6.72. The van der Waals surface area contributed by atoms with Gasteiger partial charge in [-0.2, -0.15) is 0 Å². The molecule has 0 saturated carbocycles. The van der Waals surface area contributed by atoms with Gasteiger partial charge in [-0.25, -0.2) is 4.68 Å². The minimum Gasteiger partial charge on any atom is -0.493 e. The van der Waals surface area contributed by atoms with Gasteiger partial charge in [0.25, 0.3) is 5.56 Å². The molecule has 1 N–H and O–H groups in total. The summed E-state index contributed by atoms with van der Waals surface area (Å²) in [6, 6.07) is 15.9. The lowest BCUT2D eigenvalue weighted by Gasteiger charge is -2.27. The van der Waals surface area contributed by atoms with E-state index in [9.17, 15) is 4.79 Å². The fourth-order valence-corrected chi connectivity index (χ4v) is 4.21. The number of aromatic amines is 1. The monoisotopic (exact) mass is 490 g/mol. The molecule has 4 aromatic rings. The highest BCUT2D eigenvalue weighted by Crippen LogP contribution is 2.31. The molecule has 0 radical (unpaired) electrons. The standard InChI is InChI=1S/C27H34N6O3/c1-6-27(2,3)33-25(29-30-31-33)18-32(13-12-19-10-8-7-9-11-19)17-21-14-20-15-23(35-4)24(36-5)16-22(20)28-26(21)34/h7-11,14-16H,6,12-13,17-18H2,1-5H3,(H,28,34). The second-order valence-electron chi connectivity index (χ2n) is 9.54. The Hall–Kier alpha value is -3.72. The Bertz CT molecular complexity index is 1360. The molecule has 9 heteroatoms. The summed E-state index contributed by atoms with van der Waals surface area (Å²) in [6.45, 7) is 8.08. The Kier molecular flexibility index (Phi) is 7.69. The summed E-state index contributed by atoms with van der Waals surface area (Å²) in [6.07, 6.45) is 1.74. The van der Waals surface area contributed by atoms with Crippen molar-refractivity contribution in [2.24, 2.45) is 0 Å². The lowest BCUT2D eigenvalue weighted by molar-refractivity contribution is 0.225. The summed E-state index contributed by atoms with van der Waals surface area (Å²) in [5, 5.41) is 13.4. The molecule has 0 aliphatic carbocycles. The molecule has 190 valence electrons. The van der Waals surface area contributed by atoms with Crippen molar-refractivity contribution >= 4 is 10.9 Å². The number of H-pyrrole nitrogens is 1. The molecular formula is C27H34N6O3. The van der Waals surface area contributed by atoms with Crippen molar-refractivity contribution in [1.29, 1.82) is 0 Å². The zero-order chi connectivity index (χ0) is 25.7. The number of nitrogens with one attached hydrogen (secondary N) is 1. The molecule has 0 aliphatic heterocycles. The van der Waals surface area contributed by atoms with Crippen LogP contribution in [0.2, 0.25) is 0 Å². The number of benzene rings is 2. The fourth-order valence-electron chi connectivity index (χ4n) is 4.21. The zero-order valence-electron chi connectivity index (χ0n) is 21.6. The molecule has 0 spiro atoms. The van der Waals surface area contributed by atoms with Gasteiger partial charge in [0, 0.05) is 30.1 Å². The average molecular weight is 491 g/mol. The number of aromatic nitrogens is 5. The molecule has 0 aliphatic rings. The number of pyridine rings is 1. The highest BCUT2D eigenvalue weighted by Gasteiger charge is 2.25. The summed E-state index contributed by atoms with van der Waals surface area (Å²) < 4.78 is 12.7. The van der Waals surface area contributed by atoms with Crippen molar-refractivity contribution in [3.05, 3.63) is 75.8 Å². The normalized spacial score (nSPS) is 11.8. The van der Waals surface area contributed by atoms with Crippen molar-refractivity contribution in [2.45, 2.75) is 52.2 Å². The van der Waals surface area contributed by atoms with Crippen LogP contribution in [-0.4, -0.2) is 50.9 Å². The molecular weight excluding hydrogens is 456 g/mol. The fraction of sp³-hybridized carbons (Fsp3) is 0.407. The van der Waals surface area contributed by atoms with Gasteiger partial charge >= 0.3 is 0 Å². The van der Waals surface area contributed by atoms with Crippen LogP contribution in [0.3, 0.4) is 0 Å². The number of hydrogen-bond donors (Lipinski definition) is 1. The Morgan fingerprint density at radius 2 is 1.75 bits per heavy atom. The summed E-state index contributed by atoms with van der Waals surface area (Å²) >= 11 is 0. The minimum atomic E-state index is -0.208. The summed E-state index contributed by atoms with van der Waals surface area (Å²) in [5.41, 5.74) is 2.26. The van der Waals surface area contributed by atoms with Gasteiger partial charge in [-0.05, 0) is 54.8 Å². The number of nitrogens with zero attached hydrogens (tertiary/aromatic N) is 5. The van der Waals surface area contributed by atoms with Crippen LogP contribution in [0.4, 0.5) is 0 Å². The number of tetrazole rings is 1. The van der Waals surface area contributed by atoms with Crippen LogP contribution >= 0.6 is 0 Å². The first-order valence-corrected chi connectivity index (χ1v) is 12.2. The van der Waals surface area contributed by atoms with Crippen LogP contribution in [0.15, 0.2) is 53.3 Å². The topological polar surface area (TPSA) is 98.2 Å². The number of ether oxygens (including phenoxy) is 2. The van der Waals surface area contributed by atoms with E-state index in [1.807, 2.05) is 35.0 Å². The van der Waals surface area contributed by atoms with Crippen molar-refractivity contribution in [1.82, 2.24) is 30.1 Å². The molecule has 0 atom stereocenters. The number of hydrogen-bond acceptors (Lipinski definition) is 7. The highest BCUT2D eigenvalue weighted by molar-refractivity contribution is 5.83. The lowest BCUT2D eigenvalue weighted by Crippen LogP contribution is -2.33. The second kappa shape index (κ2) is 10.9. The van der Waals surface area contributed by atoms with E-state index in [0.717, 1.165) is 30.6 Å². The molecule has 0 unspecified atom stereocenters. The first-order chi connectivity index (χ1) is 17.3. The summed E-state index contributed by atoms with van der Waals surface area (Å²) in [5.74, 6) is 1.96. The summed E-state index contributed by atoms with van der Waals surface area (Å²) in [4.78, 5) is 18.3. The zero-order valence-corrected chi connectivity index (χ0v) is 21.6. The molecule has 0 bridgehead atoms. The predicted molar refractivity (Wildman–Crippen MR) is 139 cm³/mol. The van der Waals surface area contributed by atoms with Crippen LogP contribution < -0.4 is 15.0 Å². The van der Waals surface area contributed by atoms with E-state index in [-0.39, 0.29) is 11.1 Å². The van der Waals surface area contributed by atoms with E-state index in [4.69, 9.17) is 9.47 Å². The molecule has 4 rings (SSSR count). The minimum absolute atomic E-state index is 0.132. The van der Waals surface area contributed by atoms with Gasteiger partial charge in [-0.1, -0.05) is 37.3 Å². The van der Waals surface area contributed by atoms with Gasteiger partial charge in [0.1, 0.15) is 0 Å². The van der Waals surface area contributed by atoms with Crippen LogP contribution in [0.5, 0.6) is 11.5 Å². The first-order valence-electron chi connectivity index (χ1n) is 12.2. The van der Waals surface area contributed by atoms with Crippen LogP contribution in [0.1, 0.15) is 44.1 Å². The van der Waals surface area contributed by atoms with E-state index >= 15 is 0 Å². The molecule has 9 nitrogen and oxygen atoms in total. The lowest BCUT2D eigenvalue weighted by atomic mass is 10.0. The van der Waals surface area contributed by atoms with Crippen molar-refractivity contribution in [3.63, 3.8) is 0 Å². The smallest absolute Gasteiger partial charge is 0.252 e. The van der Waals surface area contributed by atoms with Gasteiger partial charge in [0.15, 0.2) is 17.3 Å². The third-order valence-corrected chi connectivity index (χ3v) is 6.72. The van der Waals surface area contributed by atoms with Gasteiger partial charge in [-0.3, -0.25) is 9.69 Å². The molecule has 2 aromatic heterocycles. The Morgan fingerprint density at radius 1 is 1.03 bits per heavy atom. The maximum absolute atomic E-state index is 13.1. The number of rotatable bonds is 11. The molecule has 0 fully saturated rings. The SMILES string of the molecule is CCC(C)(C)n1nnnc1CN(CCc1ccccc1)Cc1cc2cc(OC)c(OC)cc2[nH]c1=O. The van der Waals surface area contributed by atoms with Crippen LogP contribution in [0, 0.1) is 0 Å². The van der Waals surface area contributed by atoms with E-state index in [0.29, 0.717) is 35.7 Å². The number of fused-ring (bicyclic) bond motifs is 1. The van der Waals surface area contributed by atoms with Crippen molar-refractivity contribution < 1.29 is 9.47 Å². The quantitative estimate of drug-likeness (QED) is 0.340. The largest absolute Gasteiger partial charge is 0.493 e. The molecule has 2 heterocycles. The van der Waals surface area contributed by atoms with Gasteiger partial charge in [0.05, 0.1) is 31.8 Å². The van der Waals surface area contributed by atoms with E-state index in [1.165, 1.54) is 5.56 Å². The Labute approximate surface area is 211 Å². The average Bonchev–Trinajstić information content (AvgIpc) is 3.36. The van der Waals surface area contributed by atoms with Gasteiger partial charge < -0.3 is 14.5 Å². The maximum Gasteiger partial charge on any atom is 0.252 e. The molecule has 0 amide bonds. The Morgan fingerprint density at radius 3 is 2.44 bits per heavy atom. The first kappa shape index (κ1) is 25.4. The third kappa shape index (κ3) is 5.57. The molecule has 2 aromatic carbocycles. The van der Waals surface area contributed by atoms with Gasteiger partial charge in [0.2, 0.25) is 0 Å². The van der Waals surface area contributed by atoms with Gasteiger partial charge in [-0.15, -0.1) is 5.10 Å². The van der Waals surface area contributed by atoms with E-state index in [2.05, 4.69) is 58.3 Å².